The number of carbonyl (C=O) groups excluding carboxylic acids is 2. The average molecular weight is 304 g/mol. The lowest BCUT2D eigenvalue weighted by Crippen LogP contribution is -2.32. The highest BCUT2D eigenvalue weighted by molar-refractivity contribution is 5.96. The zero-order valence-electron chi connectivity index (χ0n) is 13.1. The second-order valence-corrected chi connectivity index (χ2v) is 5.49. The molecule has 5 nitrogen and oxygen atoms in total. The first-order valence-electron chi connectivity index (χ1n) is 7.94. The van der Waals surface area contributed by atoms with Crippen molar-refractivity contribution in [1.82, 2.24) is 5.32 Å². The van der Waals surface area contributed by atoms with E-state index < -0.39 is 0 Å². The van der Waals surface area contributed by atoms with Crippen molar-refractivity contribution in [1.29, 1.82) is 0 Å². The number of hydrogen-bond acceptors (Lipinski definition) is 3. The Morgan fingerprint density at radius 3 is 3.05 bits per heavy atom. The van der Waals surface area contributed by atoms with E-state index in [4.69, 9.17) is 4.74 Å². The summed E-state index contributed by atoms with van der Waals surface area (Å²) in [6.45, 7) is 3.94. The van der Waals surface area contributed by atoms with Crippen LogP contribution in [0.1, 0.15) is 31.7 Å². The lowest BCUT2D eigenvalue weighted by molar-refractivity contribution is -0.122. The highest BCUT2D eigenvalue weighted by Crippen LogP contribution is 2.27. The molecule has 1 atom stereocenters. The van der Waals surface area contributed by atoms with E-state index in [-0.39, 0.29) is 17.7 Å². The SMILES string of the molecule is CCOCCCNC(=O)CC[C@H]1Cc2ccccc2NC1=O. The van der Waals surface area contributed by atoms with Gasteiger partial charge in [-0.2, -0.15) is 0 Å². The molecule has 0 radical (unpaired) electrons. The first-order valence-corrected chi connectivity index (χ1v) is 7.94. The molecular weight excluding hydrogens is 280 g/mol. The van der Waals surface area contributed by atoms with Gasteiger partial charge >= 0.3 is 0 Å². The summed E-state index contributed by atoms with van der Waals surface area (Å²) in [5, 5.41) is 5.78. The van der Waals surface area contributed by atoms with Gasteiger partial charge in [-0.1, -0.05) is 18.2 Å². The molecule has 0 fully saturated rings. The normalized spacial score (nSPS) is 16.8. The van der Waals surface area contributed by atoms with Gasteiger partial charge in [-0.3, -0.25) is 9.59 Å². The summed E-state index contributed by atoms with van der Waals surface area (Å²) in [7, 11) is 0. The van der Waals surface area contributed by atoms with E-state index in [1.807, 2.05) is 31.2 Å². The fourth-order valence-corrected chi connectivity index (χ4v) is 2.59. The number of anilines is 1. The Labute approximate surface area is 131 Å². The number of nitrogens with one attached hydrogen (secondary N) is 2. The number of ether oxygens (including phenoxy) is 1. The molecule has 0 aliphatic carbocycles. The van der Waals surface area contributed by atoms with Crippen molar-refractivity contribution in [2.75, 3.05) is 25.1 Å². The summed E-state index contributed by atoms with van der Waals surface area (Å²) >= 11 is 0. The molecule has 0 saturated carbocycles. The fourth-order valence-electron chi connectivity index (χ4n) is 2.59. The van der Waals surface area contributed by atoms with E-state index in [9.17, 15) is 9.59 Å². The third-order valence-electron chi connectivity index (χ3n) is 3.82. The number of fused-ring (bicyclic) bond motifs is 1. The summed E-state index contributed by atoms with van der Waals surface area (Å²) in [5.74, 6) is -0.102. The Balaban J connectivity index is 1.71. The molecule has 120 valence electrons. The molecule has 1 aliphatic rings. The van der Waals surface area contributed by atoms with Gasteiger partial charge in [-0.25, -0.2) is 0 Å². The van der Waals surface area contributed by atoms with E-state index in [1.54, 1.807) is 0 Å². The third kappa shape index (κ3) is 4.84. The molecule has 2 amide bonds. The van der Waals surface area contributed by atoms with Gasteiger partial charge in [0.2, 0.25) is 11.8 Å². The average Bonchev–Trinajstić information content (AvgIpc) is 2.52. The van der Waals surface area contributed by atoms with Gasteiger partial charge in [0.05, 0.1) is 0 Å². The molecular formula is C17H24N2O3. The van der Waals surface area contributed by atoms with E-state index in [2.05, 4.69) is 10.6 Å². The molecule has 1 aliphatic heterocycles. The predicted molar refractivity (Wildman–Crippen MR) is 85.6 cm³/mol. The monoisotopic (exact) mass is 304 g/mol. The summed E-state index contributed by atoms with van der Waals surface area (Å²) < 4.78 is 5.21. The molecule has 0 bridgehead atoms. The molecule has 0 unspecified atom stereocenters. The number of rotatable bonds is 8. The molecule has 1 heterocycles. The molecule has 0 spiro atoms. The Kier molecular flexibility index (Phi) is 6.40. The van der Waals surface area contributed by atoms with Crippen molar-refractivity contribution >= 4 is 17.5 Å². The quantitative estimate of drug-likeness (QED) is 0.723. The Bertz CT molecular complexity index is 516. The van der Waals surface area contributed by atoms with Crippen LogP contribution in [-0.4, -0.2) is 31.6 Å². The standard InChI is InChI=1S/C17H24N2O3/c1-2-22-11-5-10-18-16(20)9-8-14-12-13-6-3-4-7-15(13)19-17(14)21/h3-4,6-7,14H,2,5,8-12H2,1H3,(H,18,20)(H,19,21)/t14-/m0/s1. The van der Waals surface area contributed by atoms with Crippen LogP contribution in [0.15, 0.2) is 24.3 Å². The van der Waals surface area contributed by atoms with Crippen molar-refractivity contribution in [3.8, 4) is 0 Å². The lowest BCUT2D eigenvalue weighted by atomic mass is 9.89. The van der Waals surface area contributed by atoms with Crippen molar-refractivity contribution < 1.29 is 14.3 Å². The summed E-state index contributed by atoms with van der Waals surface area (Å²) in [5.41, 5.74) is 2.04. The van der Waals surface area contributed by atoms with Crippen LogP contribution in [0.4, 0.5) is 5.69 Å². The molecule has 22 heavy (non-hydrogen) atoms. The number of hydrogen-bond donors (Lipinski definition) is 2. The number of benzene rings is 1. The molecule has 0 aromatic heterocycles. The van der Waals surface area contributed by atoms with Crippen LogP contribution in [0.5, 0.6) is 0 Å². The Hall–Kier alpha value is -1.88. The largest absolute Gasteiger partial charge is 0.382 e. The highest BCUT2D eigenvalue weighted by atomic mass is 16.5. The van der Waals surface area contributed by atoms with E-state index in [0.717, 1.165) is 17.7 Å². The van der Waals surface area contributed by atoms with Crippen molar-refractivity contribution in [3.63, 3.8) is 0 Å². The summed E-state index contributed by atoms with van der Waals surface area (Å²) in [6, 6.07) is 7.82. The van der Waals surface area contributed by atoms with Gasteiger partial charge < -0.3 is 15.4 Å². The van der Waals surface area contributed by atoms with E-state index in [0.29, 0.717) is 39.0 Å². The summed E-state index contributed by atoms with van der Waals surface area (Å²) in [6.07, 6.45) is 2.49. The van der Waals surface area contributed by atoms with Gasteiger partial charge in [0.25, 0.3) is 0 Å². The lowest BCUT2D eigenvalue weighted by Gasteiger charge is -2.24. The van der Waals surface area contributed by atoms with Gasteiger partial charge in [0, 0.05) is 37.8 Å². The number of amides is 2. The minimum Gasteiger partial charge on any atom is -0.382 e. The summed E-state index contributed by atoms with van der Waals surface area (Å²) in [4.78, 5) is 23.8. The fraction of sp³-hybridized carbons (Fsp3) is 0.529. The first kappa shape index (κ1) is 16.5. The van der Waals surface area contributed by atoms with Crippen LogP contribution in [-0.2, 0) is 20.7 Å². The van der Waals surface area contributed by atoms with Crippen molar-refractivity contribution in [3.05, 3.63) is 29.8 Å². The van der Waals surface area contributed by atoms with Crippen LogP contribution in [0, 0.1) is 5.92 Å². The van der Waals surface area contributed by atoms with Gasteiger partial charge in [-0.05, 0) is 37.8 Å². The van der Waals surface area contributed by atoms with E-state index >= 15 is 0 Å². The van der Waals surface area contributed by atoms with Gasteiger partial charge in [0.1, 0.15) is 0 Å². The Morgan fingerprint density at radius 1 is 1.41 bits per heavy atom. The van der Waals surface area contributed by atoms with Crippen molar-refractivity contribution in [2.24, 2.45) is 5.92 Å². The zero-order valence-corrected chi connectivity index (χ0v) is 13.1. The molecule has 0 saturated heterocycles. The van der Waals surface area contributed by atoms with Crippen LogP contribution in [0.3, 0.4) is 0 Å². The van der Waals surface area contributed by atoms with Crippen LogP contribution in [0.2, 0.25) is 0 Å². The minimum absolute atomic E-state index is 0.00292. The van der Waals surface area contributed by atoms with E-state index in [1.165, 1.54) is 0 Å². The predicted octanol–water partition coefficient (Wildman–Crippen LogP) is 2.12. The molecule has 2 N–H and O–H groups in total. The van der Waals surface area contributed by atoms with Gasteiger partial charge in [-0.15, -0.1) is 0 Å². The third-order valence-corrected chi connectivity index (χ3v) is 3.82. The zero-order chi connectivity index (χ0) is 15.8. The highest BCUT2D eigenvalue weighted by Gasteiger charge is 2.26. The first-order chi connectivity index (χ1) is 10.7. The van der Waals surface area contributed by atoms with Crippen molar-refractivity contribution in [2.45, 2.75) is 32.6 Å². The maximum absolute atomic E-state index is 12.0. The molecule has 1 aromatic carbocycles. The van der Waals surface area contributed by atoms with Crippen LogP contribution in [0.25, 0.3) is 0 Å². The number of carbonyl (C=O) groups is 2. The second-order valence-electron chi connectivity index (χ2n) is 5.49. The topological polar surface area (TPSA) is 67.4 Å². The maximum Gasteiger partial charge on any atom is 0.227 e. The molecule has 2 rings (SSSR count). The number of para-hydroxylation sites is 1. The Morgan fingerprint density at radius 2 is 2.23 bits per heavy atom. The maximum atomic E-state index is 12.0. The molecule has 1 aromatic rings. The molecule has 5 heteroatoms. The van der Waals surface area contributed by atoms with Gasteiger partial charge in [0.15, 0.2) is 0 Å². The van der Waals surface area contributed by atoms with Crippen LogP contribution < -0.4 is 10.6 Å². The second kappa shape index (κ2) is 8.54. The smallest absolute Gasteiger partial charge is 0.227 e. The minimum atomic E-state index is -0.121. The van der Waals surface area contributed by atoms with Crippen LogP contribution >= 0.6 is 0 Å².